The Bertz CT molecular complexity index is 857. The van der Waals surface area contributed by atoms with Crippen molar-refractivity contribution in [1.82, 2.24) is 0 Å². The van der Waals surface area contributed by atoms with E-state index in [-0.39, 0.29) is 23.9 Å². The lowest BCUT2D eigenvalue weighted by Crippen LogP contribution is -2.28. The summed E-state index contributed by atoms with van der Waals surface area (Å²) in [6.45, 7) is 4.26. The van der Waals surface area contributed by atoms with E-state index in [0.717, 1.165) is 16.8 Å². The van der Waals surface area contributed by atoms with E-state index >= 15 is 0 Å². The molecule has 1 N–H and O–H groups in total. The normalized spacial score (nSPS) is 16.6. The average Bonchev–Trinajstić information content (AvgIpc) is 2.96. The number of nitro benzene ring substituents is 1. The van der Waals surface area contributed by atoms with Gasteiger partial charge < -0.3 is 10.2 Å². The zero-order chi connectivity index (χ0) is 18.8. The fourth-order valence-corrected chi connectivity index (χ4v) is 3.15. The van der Waals surface area contributed by atoms with Crippen LogP contribution in [0.5, 0.6) is 0 Å². The summed E-state index contributed by atoms with van der Waals surface area (Å²) < 4.78 is 0. The van der Waals surface area contributed by atoms with Crippen LogP contribution in [-0.4, -0.2) is 23.3 Å². The molecule has 0 aromatic heterocycles. The summed E-state index contributed by atoms with van der Waals surface area (Å²) in [5, 5.41) is 13.4. The minimum atomic E-state index is -0.497. The van der Waals surface area contributed by atoms with Gasteiger partial charge in [-0.25, -0.2) is 0 Å². The number of anilines is 2. The number of aryl methyl sites for hydroxylation is 2. The van der Waals surface area contributed by atoms with E-state index in [0.29, 0.717) is 12.2 Å². The van der Waals surface area contributed by atoms with Crippen LogP contribution >= 0.6 is 0 Å². The summed E-state index contributed by atoms with van der Waals surface area (Å²) >= 11 is 0. The summed E-state index contributed by atoms with van der Waals surface area (Å²) in [6.07, 6.45) is 0.145. The number of carbonyl (C=O) groups is 2. The van der Waals surface area contributed by atoms with Gasteiger partial charge in [-0.3, -0.25) is 19.7 Å². The molecule has 1 aliphatic rings. The Morgan fingerprint density at radius 2 is 1.77 bits per heavy atom. The van der Waals surface area contributed by atoms with Gasteiger partial charge in [0.15, 0.2) is 0 Å². The summed E-state index contributed by atoms with van der Waals surface area (Å²) in [6, 6.07) is 11.5. The maximum absolute atomic E-state index is 12.5. The molecule has 2 aromatic carbocycles. The summed E-state index contributed by atoms with van der Waals surface area (Å²) in [4.78, 5) is 36.6. The molecule has 2 aromatic rings. The van der Waals surface area contributed by atoms with E-state index in [1.807, 2.05) is 32.0 Å². The predicted molar refractivity (Wildman–Crippen MR) is 98.1 cm³/mol. The van der Waals surface area contributed by atoms with E-state index in [9.17, 15) is 19.7 Å². The average molecular weight is 353 g/mol. The van der Waals surface area contributed by atoms with Crippen LogP contribution in [0.4, 0.5) is 17.1 Å². The maximum Gasteiger partial charge on any atom is 0.269 e. The van der Waals surface area contributed by atoms with Gasteiger partial charge in [-0.05, 0) is 49.2 Å². The van der Waals surface area contributed by atoms with Gasteiger partial charge in [0, 0.05) is 36.5 Å². The highest BCUT2D eigenvalue weighted by atomic mass is 16.6. The van der Waals surface area contributed by atoms with E-state index < -0.39 is 10.8 Å². The number of non-ortho nitro benzene ring substituents is 1. The van der Waals surface area contributed by atoms with Crippen LogP contribution in [-0.2, 0) is 9.59 Å². The van der Waals surface area contributed by atoms with Crippen molar-refractivity contribution in [2.45, 2.75) is 20.3 Å². The van der Waals surface area contributed by atoms with Crippen LogP contribution in [0.3, 0.4) is 0 Å². The van der Waals surface area contributed by atoms with Crippen molar-refractivity contribution in [2.24, 2.45) is 5.92 Å². The molecule has 1 heterocycles. The van der Waals surface area contributed by atoms with Crippen LogP contribution in [0, 0.1) is 29.9 Å². The third-order valence-corrected chi connectivity index (χ3v) is 4.36. The van der Waals surface area contributed by atoms with Gasteiger partial charge in [-0.1, -0.05) is 6.07 Å². The molecule has 1 aliphatic heterocycles. The summed E-state index contributed by atoms with van der Waals surface area (Å²) in [5.41, 5.74) is 3.36. The standard InChI is InChI=1S/C19H19N3O4/c1-12-7-13(2)9-17(8-12)21-11-14(10-18(21)23)19(24)20-15-3-5-16(6-4-15)22(25)26/h3-9,14H,10-11H2,1-2H3,(H,20,24)/t14-/m1/s1. The second kappa shape index (κ2) is 6.95. The first-order valence-corrected chi connectivity index (χ1v) is 8.27. The lowest BCUT2D eigenvalue weighted by molar-refractivity contribution is -0.384. The van der Waals surface area contributed by atoms with Crippen molar-refractivity contribution in [3.05, 3.63) is 63.7 Å². The van der Waals surface area contributed by atoms with E-state index in [1.165, 1.54) is 24.3 Å². The zero-order valence-electron chi connectivity index (χ0n) is 14.6. The quantitative estimate of drug-likeness (QED) is 0.675. The van der Waals surface area contributed by atoms with Gasteiger partial charge in [0.05, 0.1) is 10.8 Å². The van der Waals surface area contributed by atoms with Gasteiger partial charge >= 0.3 is 0 Å². The van der Waals surface area contributed by atoms with Crippen LogP contribution in [0.1, 0.15) is 17.5 Å². The van der Waals surface area contributed by atoms with Crippen molar-refractivity contribution in [3.63, 3.8) is 0 Å². The summed E-state index contributed by atoms with van der Waals surface area (Å²) in [5.74, 6) is -0.809. The van der Waals surface area contributed by atoms with Gasteiger partial charge in [-0.2, -0.15) is 0 Å². The number of rotatable bonds is 4. The van der Waals surface area contributed by atoms with E-state index in [2.05, 4.69) is 5.32 Å². The van der Waals surface area contributed by atoms with Crippen LogP contribution in [0.15, 0.2) is 42.5 Å². The second-order valence-electron chi connectivity index (χ2n) is 6.54. The Kier molecular flexibility index (Phi) is 4.71. The maximum atomic E-state index is 12.5. The molecule has 2 amide bonds. The molecule has 0 unspecified atom stereocenters. The molecule has 134 valence electrons. The van der Waals surface area contributed by atoms with Crippen LogP contribution in [0.2, 0.25) is 0 Å². The Morgan fingerprint density at radius 1 is 1.15 bits per heavy atom. The largest absolute Gasteiger partial charge is 0.326 e. The van der Waals surface area contributed by atoms with Crippen molar-refractivity contribution in [2.75, 3.05) is 16.8 Å². The summed E-state index contributed by atoms with van der Waals surface area (Å²) in [7, 11) is 0. The zero-order valence-corrected chi connectivity index (χ0v) is 14.6. The molecule has 7 heteroatoms. The molecule has 0 bridgehead atoms. The predicted octanol–water partition coefficient (Wildman–Crippen LogP) is 3.20. The lowest BCUT2D eigenvalue weighted by Gasteiger charge is -2.18. The van der Waals surface area contributed by atoms with Crippen LogP contribution in [0.25, 0.3) is 0 Å². The molecule has 0 aliphatic carbocycles. The molecule has 1 atom stereocenters. The Hall–Kier alpha value is -3.22. The highest BCUT2D eigenvalue weighted by Crippen LogP contribution is 2.28. The highest BCUT2D eigenvalue weighted by Gasteiger charge is 2.35. The third kappa shape index (κ3) is 3.72. The first-order valence-electron chi connectivity index (χ1n) is 8.27. The monoisotopic (exact) mass is 353 g/mol. The minimum Gasteiger partial charge on any atom is -0.326 e. The number of hydrogen-bond donors (Lipinski definition) is 1. The van der Waals surface area contributed by atoms with E-state index in [1.54, 1.807) is 4.90 Å². The number of carbonyl (C=O) groups excluding carboxylic acids is 2. The highest BCUT2D eigenvalue weighted by molar-refractivity contribution is 6.03. The van der Waals surface area contributed by atoms with E-state index in [4.69, 9.17) is 0 Å². The van der Waals surface area contributed by atoms with Crippen molar-refractivity contribution < 1.29 is 14.5 Å². The Balaban J connectivity index is 1.69. The number of amides is 2. The molecule has 0 saturated carbocycles. The third-order valence-electron chi connectivity index (χ3n) is 4.36. The first-order chi connectivity index (χ1) is 12.3. The van der Waals surface area contributed by atoms with Gasteiger partial charge in [-0.15, -0.1) is 0 Å². The fourth-order valence-electron chi connectivity index (χ4n) is 3.15. The molecule has 0 spiro atoms. The Labute approximate surface area is 150 Å². The molecule has 1 saturated heterocycles. The number of benzene rings is 2. The number of nitrogens with one attached hydrogen (secondary N) is 1. The van der Waals surface area contributed by atoms with Gasteiger partial charge in [0.25, 0.3) is 5.69 Å². The van der Waals surface area contributed by atoms with Crippen molar-refractivity contribution in [1.29, 1.82) is 0 Å². The number of hydrogen-bond acceptors (Lipinski definition) is 4. The van der Waals surface area contributed by atoms with Gasteiger partial charge in [0.2, 0.25) is 11.8 Å². The number of nitro groups is 1. The van der Waals surface area contributed by atoms with Crippen LogP contribution < -0.4 is 10.2 Å². The van der Waals surface area contributed by atoms with Crippen molar-refractivity contribution >= 4 is 28.9 Å². The number of nitrogens with zero attached hydrogens (tertiary/aromatic N) is 2. The Morgan fingerprint density at radius 3 is 2.35 bits per heavy atom. The fraction of sp³-hybridized carbons (Fsp3) is 0.263. The topological polar surface area (TPSA) is 92.6 Å². The minimum absolute atomic E-state index is 0.0416. The smallest absolute Gasteiger partial charge is 0.269 e. The molecule has 3 rings (SSSR count). The SMILES string of the molecule is Cc1cc(C)cc(N2C[C@H](C(=O)Nc3ccc([N+](=O)[O-])cc3)CC2=O)c1. The second-order valence-corrected chi connectivity index (χ2v) is 6.54. The molecule has 26 heavy (non-hydrogen) atoms. The van der Waals surface area contributed by atoms with Gasteiger partial charge in [0.1, 0.15) is 0 Å². The van der Waals surface area contributed by atoms with Crippen molar-refractivity contribution in [3.8, 4) is 0 Å². The molecular formula is C19H19N3O4. The molecular weight excluding hydrogens is 334 g/mol. The molecule has 7 nitrogen and oxygen atoms in total. The molecule has 1 fully saturated rings. The lowest BCUT2D eigenvalue weighted by atomic mass is 10.1. The molecule has 0 radical (unpaired) electrons. The first kappa shape index (κ1) is 17.6.